The van der Waals surface area contributed by atoms with E-state index < -0.39 is 5.91 Å². The Morgan fingerprint density at radius 3 is 2.72 bits per heavy atom. The lowest BCUT2D eigenvalue weighted by molar-refractivity contribution is -0.123. The van der Waals surface area contributed by atoms with Crippen LogP contribution in [0.15, 0.2) is 18.2 Å². The predicted octanol–water partition coefficient (Wildman–Crippen LogP) is 1.09. The molecule has 0 saturated carbocycles. The van der Waals surface area contributed by atoms with E-state index >= 15 is 0 Å². The Bertz CT molecular complexity index is 643. The summed E-state index contributed by atoms with van der Waals surface area (Å²) in [4.78, 5) is 26.5. The van der Waals surface area contributed by atoms with Gasteiger partial charge in [-0.25, -0.2) is 0 Å². The first-order chi connectivity index (χ1) is 12.1. The van der Waals surface area contributed by atoms with Gasteiger partial charge in [-0.2, -0.15) is 0 Å². The van der Waals surface area contributed by atoms with Crippen LogP contribution in [0.3, 0.4) is 0 Å². The summed E-state index contributed by atoms with van der Waals surface area (Å²) in [7, 11) is 0. The minimum atomic E-state index is -0.450. The van der Waals surface area contributed by atoms with Gasteiger partial charge in [-0.15, -0.1) is 0 Å². The number of hydrogen-bond donors (Lipinski definition) is 3. The molecule has 0 unspecified atom stereocenters. The minimum absolute atomic E-state index is 0.136. The van der Waals surface area contributed by atoms with Crippen LogP contribution in [-0.4, -0.2) is 50.2 Å². The number of nitrogens with zero attached hydrogens (tertiary/aromatic N) is 1. The molecule has 0 aromatic heterocycles. The fourth-order valence-electron chi connectivity index (χ4n) is 3.46. The van der Waals surface area contributed by atoms with Crippen molar-refractivity contribution < 1.29 is 14.3 Å². The van der Waals surface area contributed by atoms with Gasteiger partial charge in [-0.3, -0.25) is 9.59 Å². The summed E-state index contributed by atoms with van der Waals surface area (Å²) in [6.45, 7) is 4.94. The molecule has 2 aliphatic rings. The van der Waals surface area contributed by atoms with Crippen LogP contribution in [0.5, 0.6) is 0 Å². The zero-order chi connectivity index (χ0) is 17.8. The molecule has 0 bridgehead atoms. The lowest BCUT2D eigenvalue weighted by Gasteiger charge is -2.31. The average Bonchev–Trinajstić information content (AvgIpc) is 2.62. The van der Waals surface area contributed by atoms with Crippen molar-refractivity contribution in [2.45, 2.75) is 38.3 Å². The Morgan fingerprint density at radius 2 is 2.04 bits per heavy atom. The van der Waals surface area contributed by atoms with Crippen molar-refractivity contribution >= 4 is 23.2 Å². The van der Waals surface area contributed by atoms with Crippen LogP contribution >= 0.6 is 0 Å². The summed E-state index contributed by atoms with van der Waals surface area (Å²) in [5, 5.41) is 6.10. The van der Waals surface area contributed by atoms with Crippen molar-refractivity contribution in [2.24, 2.45) is 5.73 Å². The molecule has 3 rings (SSSR count). The summed E-state index contributed by atoms with van der Waals surface area (Å²) in [5.74, 6) is -0.585. The van der Waals surface area contributed by atoms with Crippen LogP contribution in [0.2, 0.25) is 0 Å². The van der Waals surface area contributed by atoms with Gasteiger partial charge >= 0.3 is 0 Å². The number of carbonyl (C=O) groups is 2. The third-order valence-electron chi connectivity index (χ3n) is 4.83. The van der Waals surface area contributed by atoms with Crippen molar-refractivity contribution in [3.8, 4) is 0 Å². The highest BCUT2D eigenvalue weighted by atomic mass is 16.5. The highest BCUT2D eigenvalue weighted by Crippen LogP contribution is 2.27. The van der Waals surface area contributed by atoms with Gasteiger partial charge in [0.1, 0.15) is 6.04 Å². The number of carbonyl (C=O) groups excluding carboxylic acids is 2. The van der Waals surface area contributed by atoms with Crippen molar-refractivity contribution in [1.82, 2.24) is 5.32 Å². The van der Waals surface area contributed by atoms with Crippen LogP contribution in [-0.2, 0) is 9.53 Å². The highest BCUT2D eigenvalue weighted by molar-refractivity contribution is 6.01. The first-order valence-electron chi connectivity index (χ1n) is 8.91. The van der Waals surface area contributed by atoms with Gasteiger partial charge in [-0.1, -0.05) is 0 Å². The van der Waals surface area contributed by atoms with E-state index in [-0.39, 0.29) is 18.1 Å². The number of hydrogen-bond acceptors (Lipinski definition) is 5. The Morgan fingerprint density at radius 1 is 1.28 bits per heavy atom. The average molecular weight is 346 g/mol. The Labute approximate surface area is 147 Å². The van der Waals surface area contributed by atoms with E-state index in [1.807, 2.05) is 13.0 Å². The van der Waals surface area contributed by atoms with Gasteiger partial charge in [0.25, 0.3) is 5.91 Å². The first kappa shape index (κ1) is 17.7. The van der Waals surface area contributed by atoms with Crippen molar-refractivity contribution in [1.29, 1.82) is 0 Å². The van der Waals surface area contributed by atoms with Crippen LogP contribution < -0.4 is 21.3 Å². The lowest BCUT2D eigenvalue weighted by Crippen LogP contribution is -2.53. The minimum Gasteiger partial charge on any atom is -0.375 e. The molecule has 7 heteroatoms. The lowest BCUT2D eigenvalue weighted by atomic mass is 10.1. The smallest absolute Gasteiger partial charge is 0.250 e. The Kier molecular flexibility index (Phi) is 5.55. The van der Waals surface area contributed by atoms with Gasteiger partial charge in [0.15, 0.2) is 0 Å². The molecule has 1 aromatic carbocycles. The molecule has 2 heterocycles. The van der Waals surface area contributed by atoms with Gasteiger partial charge < -0.3 is 26.0 Å². The predicted molar refractivity (Wildman–Crippen MR) is 96.9 cm³/mol. The van der Waals surface area contributed by atoms with Gasteiger partial charge in [-0.05, 0) is 44.4 Å². The second kappa shape index (κ2) is 7.84. The third-order valence-corrected chi connectivity index (χ3v) is 4.83. The van der Waals surface area contributed by atoms with Crippen LogP contribution in [0.4, 0.5) is 11.4 Å². The molecule has 7 nitrogen and oxygen atoms in total. The molecule has 0 spiro atoms. The topological polar surface area (TPSA) is 96.7 Å². The van der Waals surface area contributed by atoms with Crippen LogP contribution in [0.1, 0.15) is 36.5 Å². The molecule has 4 N–H and O–H groups in total. The maximum Gasteiger partial charge on any atom is 0.250 e. The van der Waals surface area contributed by atoms with Gasteiger partial charge in [0.05, 0.1) is 24.0 Å². The number of primary amides is 1. The quantitative estimate of drug-likeness (QED) is 0.758. The number of nitrogens with one attached hydrogen (secondary N) is 2. The summed E-state index contributed by atoms with van der Waals surface area (Å²) >= 11 is 0. The molecule has 2 atom stereocenters. The first-order valence-corrected chi connectivity index (χ1v) is 8.91. The van der Waals surface area contributed by atoms with E-state index in [4.69, 9.17) is 10.5 Å². The van der Waals surface area contributed by atoms with E-state index in [1.54, 1.807) is 12.1 Å². The molecule has 1 aromatic rings. The molecular weight excluding hydrogens is 320 g/mol. The zero-order valence-corrected chi connectivity index (χ0v) is 14.6. The summed E-state index contributed by atoms with van der Waals surface area (Å²) in [5.41, 5.74) is 7.48. The number of rotatable bonds is 4. The molecule has 25 heavy (non-hydrogen) atoms. The largest absolute Gasteiger partial charge is 0.375 e. The van der Waals surface area contributed by atoms with E-state index in [9.17, 15) is 9.59 Å². The molecular formula is C18H26N4O3. The molecule has 2 amide bonds. The number of benzene rings is 1. The summed E-state index contributed by atoms with van der Waals surface area (Å²) in [6.07, 6.45) is 3.20. The summed E-state index contributed by atoms with van der Waals surface area (Å²) < 4.78 is 5.53. The third kappa shape index (κ3) is 4.11. The van der Waals surface area contributed by atoms with Crippen LogP contribution in [0, 0.1) is 0 Å². The SMILES string of the molecule is C[C@H]1OCCN[C@@H]1C(=O)Nc1ccc(C(N)=O)c(N2CCCCC2)c1. The number of amides is 2. The molecule has 2 fully saturated rings. The van der Waals surface area contributed by atoms with E-state index in [0.29, 0.717) is 24.4 Å². The van der Waals surface area contributed by atoms with Gasteiger partial charge in [0, 0.05) is 25.3 Å². The normalized spacial score (nSPS) is 24.0. The van der Waals surface area contributed by atoms with E-state index in [0.717, 1.165) is 31.6 Å². The molecule has 136 valence electrons. The maximum absolute atomic E-state index is 12.5. The molecule has 2 saturated heterocycles. The van der Waals surface area contributed by atoms with Gasteiger partial charge in [0.2, 0.25) is 5.91 Å². The molecule has 0 radical (unpaired) electrons. The fraction of sp³-hybridized carbons (Fsp3) is 0.556. The van der Waals surface area contributed by atoms with Crippen molar-refractivity contribution in [2.75, 3.05) is 36.5 Å². The van der Waals surface area contributed by atoms with E-state index in [2.05, 4.69) is 15.5 Å². The number of morpholine rings is 1. The molecule has 0 aliphatic carbocycles. The number of nitrogens with two attached hydrogens (primary N) is 1. The highest BCUT2D eigenvalue weighted by Gasteiger charge is 2.28. The van der Waals surface area contributed by atoms with Crippen molar-refractivity contribution in [3.63, 3.8) is 0 Å². The zero-order valence-electron chi connectivity index (χ0n) is 14.6. The van der Waals surface area contributed by atoms with Crippen molar-refractivity contribution in [3.05, 3.63) is 23.8 Å². The standard InChI is InChI=1S/C18H26N4O3/c1-12-16(20-7-10-25-12)18(24)21-13-5-6-14(17(19)23)15(11-13)22-8-3-2-4-9-22/h5-6,11-12,16,20H,2-4,7-10H2,1H3,(H2,19,23)(H,21,24)/t12-,16+/m1/s1. The van der Waals surface area contributed by atoms with Crippen LogP contribution in [0.25, 0.3) is 0 Å². The molecule has 2 aliphatic heterocycles. The second-order valence-corrected chi connectivity index (χ2v) is 6.64. The number of ether oxygens (including phenoxy) is 1. The monoisotopic (exact) mass is 346 g/mol. The van der Waals surface area contributed by atoms with E-state index in [1.165, 1.54) is 6.42 Å². The fourth-order valence-corrected chi connectivity index (χ4v) is 3.46. The Balaban J connectivity index is 1.79. The Hall–Kier alpha value is -2.12. The number of anilines is 2. The second-order valence-electron chi connectivity index (χ2n) is 6.64. The maximum atomic E-state index is 12.5. The number of piperidine rings is 1. The summed E-state index contributed by atoms with van der Waals surface area (Å²) in [6, 6.07) is 4.87.